The summed E-state index contributed by atoms with van der Waals surface area (Å²) in [6.07, 6.45) is 0. The van der Waals surface area contributed by atoms with Crippen LogP contribution in [-0.4, -0.2) is 78.5 Å². The quantitative estimate of drug-likeness (QED) is 0.815. The number of hydrogen-bond donors (Lipinski definition) is 0. The van der Waals surface area contributed by atoms with E-state index >= 15 is 0 Å². The average Bonchev–Trinajstić information content (AvgIpc) is 3.17. The first-order chi connectivity index (χ1) is 12.1. The Hall–Kier alpha value is -1.92. The summed E-state index contributed by atoms with van der Waals surface area (Å²) in [7, 11) is 0. The summed E-state index contributed by atoms with van der Waals surface area (Å²) in [6, 6.07) is 8.02. The van der Waals surface area contributed by atoms with Gasteiger partial charge in [0.25, 0.3) is 5.91 Å². The second-order valence-corrected chi connectivity index (χ2v) is 7.31. The fourth-order valence-corrected chi connectivity index (χ4v) is 4.24. The number of morpholine rings is 1. The summed E-state index contributed by atoms with van der Waals surface area (Å²) < 4.78 is 5.43. The van der Waals surface area contributed by atoms with Crippen LogP contribution in [0, 0.1) is 5.92 Å². The Morgan fingerprint density at radius 3 is 2.72 bits per heavy atom. The number of ether oxygens (including phenoxy) is 1. The highest BCUT2D eigenvalue weighted by Gasteiger charge is 2.38. The number of likely N-dealkylation sites (tertiary alicyclic amines) is 1. The number of amides is 2. The second-order valence-electron chi connectivity index (χ2n) is 7.31. The van der Waals surface area contributed by atoms with E-state index in [0.29, 0.717) is 18.5 Å². The lowest BCUT2D eigenvalue weighted by molar-refractivity contribution is -0.131. The van der Waals surface area contributed by atoms with Crippen LogP contribution in [0.4, 0.5) is 0 Å². The van der Waals surface area contributed by atoms with E-state index in [2.05, 4.69) is 11.8 Å². The third kappa shape index (κ3) is 3.16. The van der Waals surface area contributed by atoms with Gasteiger partial charge in [0.2, 0.25) is 5.91 Å². The van der Waals surface area contributed by atoms with Gasteiger partial charge in [0.15, 0.2) is 0 Å². The molecule has 2 unspecified atom stereocenters. The third-order valence-corrected chi connectivity index (χ3v) is 5.66. The number of fused-ring (bicyclic) bond motifs is 1. The lowest BCUT2D eigenvalue weighted by Gasteiger charge is -2.34. The van der Waals surface area contributed by atoms with Crippen molar-refractivity contribution in [3.05, 3.63) is 35.4 Å². The normalized spacial score (nSPS) is 27.0. The Balaban J connectivity index is 1.37. The fraction of sp³-hybridized carbons (Fsp3) is 0.579. The van der Waals surface area contributed by atoms with E-state index in [0.717, 1.165) is 50.5 Å². The van der Waals surface area contributed by atoms with Gasteiger partial charge in [-0.3, -0.25) is 14.5 Å². The van der Waals surface area contributed by atoms with Crippen LogP contribution >= 0.6 is 0 Å². The van der Waals surface area contributed by atoms with Crippen LogP contribution in [0.1, 0.15) is 22.8 Å². The van der Waals surface area contributed by atoms with Gasteiger partial charge in [0.05, 0.1) is 13.2 Å². The van der Waals surface area contributed by atoms with Crippen molar-refractivity contribution >= 4 is 11.8 Å². The van der Waals surface area contributed by atoms with Gasteiger partial charge >= 0.3 is 0 Å². The van der Waals surface area contributed by atoms with E-state index in [-0.39, 0.29) is 18.4 Å². The minimum Gasteiger partial charge on any atom is -0.379 e. The van der Waals surface area contributed by atoms with Crippen molar-refractivity contribution in [2.45, 2.75) is 19.5 Å². The van der Waals surface area contributed by atoms with Crippen LogP contribution in [0.3, 0.4) is 0 Å². The molecule has 4 rings (SSSR count). The number of rotatable bonds is 3. The molecule has 0 spiro atoms. The van der Waals surface area contributed by atoms with Crippen molar-refractivity contribution in [3.63, 3.8) is 0 Å². The number of nitrogens with zero attached hydrogens (tertiary/aromatic N) is 3. The summed E-state index contributed by atoms with van der Waals surface area (Å²) in [5.41, 5.74) is 1.75. The monoisotopic (exact) mass is 343 g/mol. The van der Waals surface area contributed by atoms with E-state index < -0.39 is 0 Å². The maximum atomic E-state index is 12.8. The fourth-order valence-electron chi connectivity index (χ4n) is 4.24. The second kappa shape index (κ2) is 6.77. The van der Waals surface area contributed by atoms with Gasteiger partial charge in [-0.15, -0.1) is 0 Å². The van der Waals surface area contributed by atoms with Gasteiger partial charge in [-0.05, 0) is 17.5 Å². The third-order valence-electron chi connectivity index (χ3n) is 5.66. The van der Waals surface area contributed by atoms with E-state index in [1.165, 1.54) is 0 Å². The predicted molar refractivity (Wildman–Crippen MR) is 93.1 cm³/mol. The summed E-state index contributed by atoms with van der Waals surface area (Å²) in [5, 5.41) is 0. The van der Waals surface area contributed by atoms with Gasteiger partial charge in [0.1, 0.15) is 6.54 Å². The molecule has 0 N–H and O–H groups in total. The highest BCUT2D eigenvalue weighted by molar-refractivity contribution is 6.00. The van der Waals surface area contributed by atoms with Crippen LogP contribution in [0.2, 0.25) is 0 Å². The van der Waals surface area contributed by atoms with E-state index in [4.69, 9.17) is 4.74 Å². The van der Waals surface area contributed by atoms with Crippen LogP contribution in [-0.2, 0) is 16.1 Å². The van der Waals surface area contributed by atoms with Crippen molar-refractivity contribution in [3.8, 4) is 0 Å². The van der Waals surface area contributed by atoms with Crippen molar-refractivity contribution in [2.24, 2.45) is 5.92 Å². The molecule has 2 amide bonds. The first kappa shape index (κ1) is 16.5. The van der Waals surface area contributed by atoms with Gasteiger partial charge in [-0.25, -0.2) is 0 Å². The molecule has 6 nitrogen and oxygen atoms in total. The zero-order valence-corrected chi connectivity index (χ0v) is 14.7. The minimum absolute atomic E-state index is 0.0269. The topological polar surface area (TPSA) is 53.1 Å². The highest BCUT2D eigenvalue weighted by Crippen LogP contribution is 2.25. The zero-order chi connectivity index (χ0) is 17.4. The van der Waals surface area contributed by atoms with Gasteiger partial charge in [-0.1, -0.05) is 25.1 Å². The molecule has 0 radical (unpaired) electrons. The molecule has 0 aliphatic carbocycles. The molecule has 0 bridgehead atoms. The molecule has 134 valence electrons. The van der Waals surface area contributed by atoms with E-state index in [9.17, 15) is 9.59 Å². The van der Waals surface area contributed by atoms with E-state index in [1.54, 1.807) is 4.90 Å². The molecular formula is C19H25N3O3. The highest BCUT2D eigenvalue weighted by atomic mass is 16.5. The molecular weight excluding hydrogens is 318 g/mol. The van der Waals surface area contributed by atoms with E-state index in [1.807, 2.05) is 29.2 Å². The molecule has 3 aliphatic rings. The molecule has 1 aromatic rings. The molecule has 25 heavy (non-hydrogen) atoms. The molecule has 6 heteroatoms. The maximum Gasteiger partial charge on any atom is 0.254 e. The molecule has 3 heterocycles. The lowest BCUT2D eigenvalue weighted by Crippen LogP contribution is -2.47. The maximum absolute atomic E-state index is 12.8. The number of carbonyl (C=O) groups is 2. The minimum atomic E-state index is -0.0269. The SMILES string of the molecule is CC1CN(C(=O)CN2Cc3ccccc3C2=O)CC1N1CCOCC1. The Morgan fingerprint density at radius 1 is 1.20 bits per heavy atom. The average molecular weight is 343 g/mol. The standard InChI is InChI=1S/C19H25N3O3/c1-14-10-21(12-17(14)20-6-8-25-9-7-20)18(23)13-22-11-15-4-2-3-5-16(15)19(22)24/h2-5,14,17H,6-13H2,1H3. The summed E-state index contributed by atoms with van der Waals surface area (Å²) in [5.74, 6) is 0.484. The molecule has 3 aliphatic heterocycles. The Kier molecular flexibility index (Phi) is 4.48. The first-order valence-electron chi connectivity index (χ1n) is 9.10. The zero-order valence-electron chi connectivity index (χ0n) is 14.7. The number of benzene rings is 1. The largest absolute Gasteiger partial charge is 0.379 e. The van der Waals surface area contributed by atoms with Crippen LogP contribution < -0.4 is 0 Å². The molecule has 0 aromatic heterocycles. The van der Waals surface area contributed by atoms with Gasteiger partial charge in [-0.2, -0.15) is 0 Å². The van der Waals surface area contributed by atoms with Crippen LogP contribution in [0.15, 0.2) is 24.3 Å². The smallest absolute Gasteiger partial charge is 0.254 e. The molecule has 2 saturated heterocycles. The molecule has 0 saturated carbocycles. The number of carbonyl (C=O) groups excluding carboxylic acids is 2. The number of hydrogen-bond acceptors (Lipinski definition) is 4. The van der Waals surface area contributed by atoms with Gasteiger partial charge < -0.3 is 14.5 Å². The van der Waals surface area contributed by atoms with Crippen LogP contribution in [0.5, 0.6) is 0 Å². The first-order valence-corrected chi connectivity index (χ1v) is 9.10. The van der Waals surface area contributed by atoms with Gasteiger partial charge in [0, 0.05) is 44.3 Å². The van der Waals surface area contributed by atoms with Crippen molar-refractivity contribution < 1.29 is 14.3 Å². The van der Waals surface area contributed by atoms with Crippen LogP contribution in [0.25, 0.3) is 0 Å². The summed E-state index contributed by atoms with van der Waals surface area (Å²) >= 11 is 0. The Labute approximate surface area is 148 Å². The Morgan fingerprint density at radius 2 is 1.96 bits per heavy atom. The summed E-state index contributed by atoms with van der Waals surface area (Å²) in [6.45, 7) is 7.89. The lowest BCUT2D eigenvalue weighted by atomic mass is 10.0. The summed E-state index contributed by atoms with van der Waals surface area (Å²) in [4.78, 5) is 31.3. The Bertz CT molecular complexity index is 672. The predicted octanol–water partition coefficient (Wildman–Crippen LogP) is 0.822. The van der Waals surface area contributed by atoms with Crippen molar-refractivity contribution in [2.75, 3.05) is 45.9 Å². The van der Waals surface area contributed by atoms with Crippen molar-refractivity contribution in [1.82, 2.24) is 14.7 Å². The molecule has 1 aromatic carbocycles. The van der Waals surface area contributed by atoms with Crippen molar-refractivity contribution in [1.29, 1.82) is 0 Å². The molecule has 2 fully saturated rings. The molecule has 2 atom stereocenters.